The number of carboxylic acids is 1. The van der Waals surface area contributed by atoms with Crippen LogP contribution in [-0.4, -0.2) is 28.0 Å². The number of nitrogens with one attached hydrogen (secondary N) is 1. The minimum Gasteiger partial charge on any atom is -0.480 e. The van der Waals surface area contributed by atoms with Gasteiger partial charge in [-0.1, -0.05) is 66.7 Å². The number of fused-ring (bicyclic) bond motifs is 2. The first-order valence-electron chi connectivity index (χ1n) is 8.97. The monoisotopic (exact) mass is 370 g/mol. The molecular formula is C23H18N2O3. The van der Waals surface area contributed by atoms with Crippen LogP contribution in [0.15, 0.2) is 78.9 Å². The van der Waals surface area contributed by atoms with Crippen molar-refractivity contribution in [3.05, 3.63) is 90.1 Å². The highest BCUT2D eigenvalue weighted by Crippen LogP contribution is 2.17. The smallest absolute Gasteiger partial charge is 0.326 e. The van der Waals surface area contributed by atoms with Crippen LogP contribution in [0, 0.1) is 0 Å². The second kappa shape index (κ2) is 7.48. The second-order valence-electron chi connectivity index (χ2n) is 6.64. The highest BCUT2D eigenvalue weighted by Gasteiger charge is 2.22. The molecule has 1 atom stereocenters. The fourth-order valence-corrected chi connectivity index (χ4v) is 3.23. The Labute approximate surface area is 161 Å². The molecule has 0 aliphatic rings. The number of nitrogens with zero attached hydrogens (tertiary/aromatic N) is 1. The van der Waals surface area contributed by atoms with Crippen LogP contribution in [0.4, 0.5) is 0 Å². The van der Waals surface area contributed by atoms with Crippen LogP contribution in [0.1, 0.15) is 16.1 Å². The molecule has 0 aliphatic carbocycles. The van der Waals surface area contributed by atoms with Gasteiger partial charge in [0.2, 0.25) is 0 Å². The second-order valence-corrected chi connectivity index (χ2v) is 6.64. The molecule has 0 bridgehead atoms. The molecule has 138 valence electrons. The Balaban J connectivity index is 1.55. The van der Waals surface area contributed by atoms with Crippen molar-refractivity contribution in [3.63, 3.8) is 0 Å². The lowest BCUT2D eigenvalue weighted by molar-refractivity contribution is -0.139. The highest BCUT2D eigenvalue weighted by atomic mass is 16.4. The Morgan fingerprint density at radius 3 is 2.32 bits per heavy atom. The third kappa shape index (κ3) is 3.69. The molecule has 0 saturated carbocycles. The van der Waals surface area contributed by atoms with Gasteiger partial charge in [0.15, 0.2) is 0 Å². The van der Waals surface area contributed by atoms with Crippen LogP contribution >= 0.6 is 0 Å². The Kier molecular flexibility index (Phi) is 4.72. The zero-order valence-electron chi connectivity index (χ0n) is 15.0. The molecule has 4 rings (SSSR count). The summed E-state index contributed by atoms with van der Waals surface area (Å²) in [7, 11) is 0. The van der Waals surface area contributed by atoms with Crippen LogP contribution in [-0.2, 0) is 11.2 Å². The van der Waals surface area contributed by atoms with Crippen molar-refractivity contribution >= 4 is 33.6 Å². The molecule has 0 spiro atoms. The molecule has 3 aromatic carbocycles. The van der Waals surface area contributed by atoms with Gasteiger partial charge >= 0.3 is 5.97 Å². The summed E-state index contributed by atoms with van der Waals surface area (Å²) in [6.07, 6.45) is 0.194. The van der Waals surface area contributed by atoms with E-state index in [9.17, 15) is 14.7 Å². The van der Waals surface area contributed by atoms with E-state index in [0.29, 0.717) is 5.52 Å². The van der Waals surface area contributed by atoms with E-state index in [2.05, 4.69) is 10.3 Å². The number of hydrogen-bond donors (Lipinski definition) is 2. The van der Waals surface area contributed by atoms with E-state index in [4.69, 9.17) is 0 Å². The molecular weight excluding hydrogens is 352 g/mol. The number of benzene rings is 3. The number of carbonyl (C=O) groups excluding carboxylic acids is 1. The zero-order valence-corrected chi connectivity index (χ0v) is 15.0. The van der Waals surface area contributed by atoms with E-state index in [0.717, 1.165) is 21.7 Å². The summed E-state index contributed by atoms with van der Waals surface area (Å²) < 4.78 is 0. The number of carbonyl (C=O) groups is 2. The van der Waals surface area contributed by atoms with Crippen molar-refractivity contribution in [1.29, 1.82) is 0 Å². The third-order valence-corrected chi connectivity index (χ3v) is 4.69. The number of amides is 1. The summed E-state index contributed by atoms with van der Waals surface area (Å²) in [4.78, 5) is 28.6. The quantitative estimate of drug-likeness (QED) is 0.560. The molecule has 2 N–H and O–H groups in total. The number of aliphatic carboxylic acids is 1. The summed E-state index contributed by atoms with van der Waals surface area (Å²) in [6.45, 7) is 0. The van der Waals surface area contributed by atoms with E-state index in [-0.39, 0.29) is 12.1 Å². The first-order chi connectivity index (χ1) is 13.6. The van der Waals surface area contributed by atoms with Gasteiger partial charge < -0.3 is 10.4 Å². The topological polar surface area (TPSA) is 79.3 Å². The number of aromatic nitrogens is 1. The summed E-state index contributed by atoms with van der Waals surface area (Å²) in [5, 5.41) is 15.2. The first-order valence-corrected chi connectivity index (χ1v) is 8.97. The van der Waals surface area contributed by atoms with E-state index in [1.54, 1.807) is 12.1 Å². The standard InChI is InChI=1S/C23H18N2O3/c26-22(20-12-11-17-6-3-4-8-19(17)24-20)25-21(23(27)28)14-15-9-10-16-5-1-2-7-18(16)13-15/h1-13,21H,14H2,(H,25,26)(H,27,28)/t21-/m0/s1. The van der Waals surface area contributed by atoms with Crippen LogP contribution < -0.4 is 5.32 Å². The van der Waals surface area contributed by atoms with E-state index < -0.39 is 17.9 Å². The predicted octanol–water partition coefficient (Wildman–Crippen LogP) is 3.81. The van der Waals surface area contributed by atoms with Crippen LogP contribution in [0.2, 0.25) is 0 Å². The number of pyridine rings is 1. The number of para-hydroxylation sites is 1. The molecule has 1 amide bonds. The summed E-state index contributed by atoms with van der Waals surface area (Å²) >= 11 is 0. The largest absolute Gasteiger partial charge is 0.480 e. The van der Waals surface area contributed by atoms with Crippen molar-refractivity contribution in [3.8, 4) is 0 Å². The van der Waals surface area contributed by atoms with E-state index in [1.165, 1.54) is 0 Å². The van der Waals surface area contributed by atoms with Gasteiger partial charge in [-0.25, -0.2) is 9.78 Å². The number of hydrogen-bond acceptors (Lipinski definition) is 3. The molecule has 0 radical (unpaired) electrons. The van der Waals surface area contributed by atoms with Crippen LogP contribution in [0.3, 0.4) is 0 Å². The number of rotatable bonds is 5. The molecule has 1 aromatic heterocycles. The van der Waals surface area contributed by atoms with Gasteiger partial charge in [0.1, 0.15) is 11.7 Å². The van der Waals surface area contributed by atoms with E-state index >= 15 is 0 Å². The molecule has 28 heavy (non-hydrogen) atoms. The Morgan fingerprint density at radius 2 is 1.54 bits per heavy atom. The molecule has 1 heterocycles. The molecule has 0 saturated heterocycles. The lowest BCUT2D eigenvalue weighted by Gasteiger charge is -2.15. The predicted molar refractivity (Wildman–Crippen MR) is 108 cm³/mol. The van der Waals surface area contributed by atoms with Gasteiger partial charge in [-0.3, -0.25) is 4.79 Å². The maximum Gasteiger partial charge on any atom is 0.326 e. The van der Waals surface area contributed by atoms with Crippen molar-refractivity contribution in [2.75, 3.05) is 0 Å². The third-order valence-electron chi connectivity index (χ3n) is 4.69. The maximum atomic E-state index is 12.6. The summed E-state index contributed by atoms with van der Waals surface area (Å²) in [6, 6.07) is 23.5. The highest BCUT2D eigenvalue weighted by molar-refractivity contribution is 5.97. The van der Waals surface area contributed by atoms with Crippen molar-refractivity contribution in [1.82, 2.24) is 10.3 Å². The van der Waals surface area contributed by atoms with Gasteiger partial charge in [0.25, 0.3) is 5.91 Å². The minimum atomic E-state index is -1.08. The first kappa shape index (κ1) is 17.7. The van der Waals surface area contributed by atoms with Gasteiger partial charge in [-0.05, 0) is 28.5 Å². The van der Waals surface area contributed by atoms with Crippen LogP contribution in [0.5, 0.6) is 0 Å². The van der Waals surface area contributed by atoms with Crippen molar-refractivity contribution in [2.45, 2.75) is 12.5 Å². The van der Waals surface area contributed by atoms with Gasteiger partial charge in [-0.2, -0.15) is 0 Å². The minimum absolute atomic E-state index is 0.194. The lowest BCUT2D eigenvalue weighted by atomic mass is 10.0. The van der Waals surface area contributed by atoms with Crippen molar-refractivity contribution < 1.29 is 14.7 Å². The fourth-order valence-electron chi connectivity index (χ4n) is 3.23. The molecule has 0 aliphatic heterocycles. The zero-order chi connectivity index (χ0) is 19.5. The normalized spacial score (nSPS) is 12.0. The average molecular weight is 370 g/mol. The van der Waals surface area contributed by atoms with Gasteiger partial charge in [-0.15, -0.1) is 0 Å². The van der Waals surface area contributed by atoms with Gasteiger partial charge in [0, 0.05) is 11.8 Å². The number of carboxylic acid groups (broad SMARTS) is 1. The SMILES string of the molecule is O=C(N[C@@H](Cc1ccc2ccccc2c1)C(=O)O)c1ccc2ccccc2n1. The summed E-state index contributed by atoms with van der Waals surface area (Å²) in [5.41, 5.74) is 1.73. The molecule has 5 nitrogen and oxygen atoms in total. The average Bonchev–Trinajstić information content (AvgIpc) is 2.72. The van der Waals surface area contributed by atoms with Crippen molar-refractivity contribution in [2.24, 2.45) is 0 Å². The Hall–Kier alpha value is -3.73. The molecule has 0 unspecified atom stereocenters. The molecule has 4 aromatic rings. The van der Waals surface area contributed by atoms with E-state index in [1.807, 2.05) is 66.7 Å². The maximum absolute atomic E-state index is 12.6. The summed E-state index contributed by atoms with van der Waals surface area (Å²) in [5.74, 6) is -1.58. The Morgan fingerprint density at radius 1 is 0.857 bits per heavy atom. The molecule has 5 heteroatoms. The Bertz CT molecular complexity index is 1190. The molecule has 0 fully saturated rings. The fraction of sp³-hybridized carbons (Fsp3) is 0.0870. The van der Waals surface area contributed by atoms with Crippen LogP contribution in [0.25, 0.3) is 21.7 Å². The lowest BCUT2D eigenvalue weighted by Crippen LogP contribution is -2.42. The van der Waals surface area contributed by atoms with Gasteiger partial charge in [0.05, 0.1) is 5.52 Å².